The standard InChI is InChI=1S/C23H30N2O7S/c1-15-12-20(30-3)22(32-5)14-18(15)24-23(26)16-8-10-25(11-9-16)33(27,28)17-6-7-19(29-2)21(13-17)31-4/h6-7,12-14,16H,8-11H2,1-5H3,(H,24,26). The Morgan fingerprint density at radius 3 is 2.00 bits per heavy atom. The van der Waals surface area contributed by atoms with Crippen LogP contribution in [0.25, 0.3) is 0 Å². The second-order valence-electron chi connectivity index (χ2n) is 7.71. The lowest BCUT2D eigenvalue weighted by molar-refractivity contribution is -0.120. The smallest absolute Gasteiger partial charge is 0.243 e. The summed E-state index contributed by atoms with van der Waals surface area (Å²) in [5, 5.41) is 2.95. The van der Waals surface area contributed by atoms with Crippen molar-refractivity contribution in [3.05, 3.63) is 35.9 Å². The number of aryl methyl sites for hydroxylation is 1. The second kappa shape index (κ2) is 10.3. The van der Waals surface area contributed by atoms with Gasteiger partial charge in [-0.15, -0.1) is 0 Å². The van der Waals surface area contributed by atoms with Crippen molar-refractivity contribution in [1.29, 1.82) is 0 Å². The van der Waals surface area contributed by atoms with Gasteiger partial charge in [-0.2, -0.15) is 4.31 Å². The lowest BCUT2D eigenvalue weighted by Crippen LogP contribution is -2.41. The third-order valence-electron chi connectivity index (χ3n) is 5.81. The van der Waals surface area contributed by atoms with E-state index in [9.17, 15) is 13.2 Å². The highest BCUT2D eigenvalue weighted by atomic mass is 32.2. The first kappa shape index (κ1) is 24.7. The summed E-state index contributed by atoms with van der Waals surface area (Å²) in [6.45, 7) is 2.37. The Balaban J connectivity index is 1.68. The zero-order valence-corrected chi connectivity index (χ0v) is 20.3. The Morgan fingerprint density at radius 1 is 0.879 bits per heavy atom. The van der Waals surface area contributed by atoms with Crippen LogP contribution in [-0.2, 0) is 14.8 Å². The molecule has 1 fully saturated rings. The lowest BCUT2D eigenvalue weighted by Gasteiger charge is -2.30. The van der Waals surface area contributed by atoms with Crippen LogP contribution in [0.3, 0.4) is 0 Å². The minimum atomic E-state index is -3.72. The maximum absolute atomic E-state index is 13.1. The molecule has 0 saturated carbocycles. The predicted octanol–water partition coefficient (Wildman–Crippen LogP) is 3.07. The molecular weight excluding hydrogens is 448 g/mol. The van der Waals surface area contributed by atoms with Gasteiger partial charge < -0.3 is 24.3 Å². The van der Waals surface area contributed by atoms with Crippen LogP contribution in [0.5, 0.6) is 23.0 Å². The van der Waals surface area contributed by atoms with Crippen molar-refractivity contribution < 1.29 is 32.2 Å². The van der Waals surface area contributed by atoms with E-state index in [0.29, 0.717) is 41.5 Å². The van der Waals surface area contributed by atoms with Gasteiger partial charge in [-0.25, -0.2) is 8.42 Å². The molecule has 9 nitrogen and oxygen atoms in total. The summed E-state index contributed by atoms with van der Waals surface area (Å²) in [5.41, 5.74) is 1.48. The fraction of sp³-hybridized carbons (Fsp3) is 0.435. The number of carbonyl (C=O) groups excluding carboxylic acids is 1. The number of rotatable bonds is 8. The van der Waals surface area contributed by atoms with E-state index in [1.54, 1.807) is 25.3 Å². The second-order valence-corrected chi connectivity index (χ2v) is 9.64. The van der Waals surface area contributed by atoms with Crippen LogP contribution in [0, 0.1) is 12.8 Å². The summed E-state index contributed by atoms with van der Waals surface area (Å²) in [4.78, 5) is 13.0. The van der Waals surface area contributed by atoms with Gasteiger partial charge in [0.1, 0.15) is 0 Å². The van der Waals surface area contributed by atoms with E-state index >= 15 is 0 Å². The maximum atomic E-state index is 13.1. The highest BCUT2D eigenvalue weighted by Gasteiger charge is 2.33. The van der Waals surface area contributed by atoms with Gasteiger partial charge in [-0.3, -0.25) is 4.79 Å². The Bertz CT molecular complexity index is 1110. The number of amides is 1. The Labute approximate surface area is 194 Å². The van der Waals surface area contributed by atoms with Gasteiger partial charge in [0.15, 0.2) is 23.0 Å². The predicted molar refractivity (Wildman–Crippen MR) is 124 cm³/mol. The van der Waals surface area contributed by atoms with Crippen LogP contribution in [0.4, 0.5) is 5.69 Å². The Morgan fingerprint density at radius 2 is 1.42 bits per heavy atom. The van der Waals surface area contributed by atoms with Crippen LogP contribution < -0.4 is 24.3 Å². The average Bonchev–Trinajstić information content (AvgIpc) is 2.84. The molecule has 1 heterocycles. The van der Waals surface area contributed by atoms with Crippen molar-refractivity contribution in [2.75, 3.05) is 46.8 Å². The summed E-state index contributed by atoms with van der Waals surface area (Å²) < 4.78 is 48.6. The first-order chi connectivity index (χ1) is 15.7. The van der Waals surface area contributed by atoms with E-state index in [0.717, 1.165) is 5.56 Å². The minimum Gasteiger partial charge on any atom is -0.493 e. The lowest BCUT2D eigenvalue weighted by atomic mass is 9.97. The third-order valence-corrected chi connectivity index (χ3v) is 7.70. The summed E-state index contributed by atoms with van der Waals surface area (Å²) in [7, 11) is 2.32. The van der Waals surface area contributed by atoms with Crippen LogP contribution in [-0.4, -0.2) is 60.2 Å². The number of piperidine rings is 1. The number of nitrogens with zero attached hydrogens (tertiary/aromatic N) is 1. The van der Waals surface area contributed by atoms with Gasteiger partial charge >= 0.3 is 0 Å². The van der Waals surface area contributed by atoms with E-state index < -0.39 is 10.0 Å². The molecule has 0 atom stereocenters. The zero-order valence-electron chi connectivity index (χ0n) is 19.5. The number of carbonyl (C=O) groups is 1. The number of anilines is 1. The minimum absolute atomic E-state index is 0.129. The molecule has 1 amide bonds. The van der Waals surface area contributed by atoms with Gasteiger partial charge in [0.25, 0.3) is 0 Å². The number of ether oxygens (including phenoxy) is 4. The van der Waals surface area contributed by atoms with Crippen LogP contribution in [0.15, 0.2) is 35.2 Å². The number of sulfonamides is 1. The van der Waals surface area contributed by atoms with Gasteiger partial charge in [0, 0.05) is 36.8 Å². The van der Waals surface area contributed by atoms with Crippen molar-refractivity contribution in [3.63, 3.8) is 0 Å². The van der Waals surface area contributed by atoms with Gasteiger partial charge in [0.2, 0.25) is 15.9 Å². The largest absolute Gasteiger partial charge is 0.493 e. The molecule has 0 radical (unpaired) electrons. The number of hydrogen-bond donors (Lipinski definition) is 1. The molecule has 0 unspecified atom stereocenters. The Kier molecular flexibility index (Phi) is 7.70. The van der Waals surface area contributed by atoms with Crippen molar-refractivity contribution in [2.45, 2.75) is 24.7 Å². The van der Waals surface area contributed by atoms with Crippen LogP contribution >= 0.6 is 0 Å². The zero-order chi connectivity index (χ0) is 24.2. The summed E-state index contributed by atoms with van der Waals surface area (Å²) in [5.74, 6) is 1.47. The average molecular weight is 479 g/mol. The van der Waals surface area contributed by atoms with E-state index in [1.807, 2.05) is 6.92 Å². The molecule has 0 aromatic heterocycles. The van der Waals surface area contributed by atoms with Gasteiger partial charge in [-0.1, -0.05) is 0 Å². The molecular formula is C23H30N2O7S. The van der Waals surface area contributed by atoms with E-state index in [1.165, 1.54) is 37.8 Å². The Hall–Kier alpha value is -2.98. The molecule has 0 spiro atoms. The number of benzene rings is 2. The first-order valence-electron chi connectivity index (χ1n) is 10.5. The van der Waals surface area contributed by atoms with Crippen molar-refractivity contribution in [1.82, 2.24) is 4.31 Å². The van der Waals surface area contributed by atoms with Gasteiger partial charge in [0.05, 0.1) is 33.3 Å². The summed E-state index contributed by atoms with van der Waals surface area (Å²) in [6.07, 6.45) is 0.843. The molecule has 1 aliphatic heterocycles. The molecule has 2 aromatic carbocycles. The van der Waals surface area contributed by atoms with E-state index in [-0.39, 0.29) is 29.8 Å². The molecule has 1 saturated heterocycles. The first-order valence-corrected chi connectivity index (χ1v) is 11.9. The van der Waals surface area contributed by atoms with Gasteiger partial charge in [-0.05, 0) is 43.5 Å². The maximum Gasteiger partial charge on any atom is 0.243 e. The fourth-order valence-corrected chi connectivity index (χ4v) is 5.32. The van der Waals surface area contributed by atoms with Crippen molar-refractivity contribution in [3.8, 4) is 23.0 Å². The molecule has 33 heavy (non-hydrogen) atoms. The fourth-order valence-electron chi connectivity index (χ4n) is 3.83. The van der Waals surface area contributed by atoms with E-state index in [2.05, 4.69) is 5.32 Å². The molecule has 1 N–H and O–H groups in total. The SMILES string of the molecule is COc1ccc(S(=O)(=O)N2CCC(C(=O)Nc3cc(OC)c(OC)cc3C)CC2)cc1OC. The summed E-state index contributed by atoms with van der Waals surface area (Å²) in [6, 6.07) is 8.04. The van der Waals surface area contributed by atoms with E-state index in [4.69, 9.17) is 18.9 Å². The quantitative estimate of drug-likeness (QED) is 0.622. The molecule has 180 valence electrons. The molecule has 2 aromatic rings. The summed E-state index contributed by atoms with van der Waals surface area (Å²) >= 11 is 0. The molecule has 10 heteroatoms. The topological polar surface area (TPSA) is 103 Å². The monoisotopic (exact) mass is 478 g/mol. The highest BCUT2D eigenvalue weighted by molar-refractivity contribution is 7.89. The molecule has 3 rings (SSSR count). The number of nitrogens with one attached hydrogen (secondary N) is 1. The number of hydrogen-bond acceptors (Lipinski definition) is 7. The van der Waals surface area contributed by atoms with Crippen molar-refractivity contribution in [2.24, 2.45) is 5.92 Å². The molecule has 1 aliphatic rings. The van der Waals surface area contributed by atoms with Crippen LogP contribution in [0.1, 0.15) is 18.4 Å². The van der Waals surface area contributed by atoms with Crippen molar-refractivity contribution >= 4 is 21.6 Å². The highest BCUT2D eigenvalue weighted by Crippen LogP contribution is 2.34. The molecule has 0 bridgehead atoms. The van der Waals surface area contributed by atoms with Crippen LogP contribution in [0.2, 0.25) is 0 Å². The molecule has 0 aliphatic carbocycles. The normalized spacial score (nSPS) is 15.1. The third kappa shape index (κ3) is 5.17. The number of methoxy groups -OCH3 is 4.